The number of carbonyl (C=O) groups is 1. The molecule has 0 aliphatic rings. The first-order valence-electron chi connectivity index (χ1n) is 10.3. The molecule has 0 amide bonds. The highest BCUT2D eigenvalue weighted by Crippen LogP contribution is 2.22. The van der Waals surface area contributed by atoms with Crippen molar-refractivity contribution in [2.45, 2.75) is 58.8 Å². The van der Waals surface area contributed by atoms with Gasteiger partial charge in [0.15, 0.2) is 12.7 Å². The van der Waals surface area contributed by atoms with Crippen LogP contribution < -0.4 is 4.74 Å². The number of aliphatic carboxylic acids is 1. The Labute approximate surface area is 182 Å². The highest BCUT2D eigenvalue weighted by atomic mass is 16.5. The number of benzene rings is 2. The Bertz CT molecular complexity index is 978. The van der Waals surface area contributed by atoms with Gasteiger partial charge in [0.1, 0.15) is 5.75 Å². The molecule has 164 valence electrons. The first-order chi connectivity index (χ1) is 14.8. The highest BCUT2D eigenvalue weighted by molar-refractivity contribution is 5.72. The van der Waals surface area contributed by atoms with Gasteiger partial charge in [-0.1, -0.05) is 43.3 Å². The zero-order valence-corrected chi connectivity index (χ0v) is 18.2. The molecule has 1 heterocycles. The van der Waals surface area contributed by atoms with Crippen LogP contribution in [0.15, 0.2) is 53.1 Å². The molecule has 0 saturated carbocycles. The summed E-state index contributed by atoms with van der Waals surface area (Å²) in [6, 6.07) is 15.3. The van der Waals surface area contributed by atoms with Crippen molar-refractivity contribution in [3.8, 4) is 17.2 Å². The van der Waals surface area contributed by atoms with Crippen LogP contribution >= 0.6 is 0 Å². The van der Waals surface area contributed by atoms with Crippen molar-refractivity contribution in [2.24, 2.45) is 0 Å². The van der Waals surface area contributed by atoms with Gasteiger partial charge >= 0.3 is 5.97 Å². The van der Waals surface area contributed by atoms with Gasteiger partial charge in [-0.3, -0.25) is 0 Å². The largest absolute Gasteiger partial charge is 0.485 e. The summed E-state index contributed by atoms with van der Waals surface area (Å²) in [5.41, 5.74) is 2.97. The second kappa shape index (κ2) is 10.2. The Morgan fingerprint density at radius 3 is 2.29 bits per heavy atom. The summed E-state index contributed by atoms with van der Waals surface area (Å²) in [7, 11) is 0. The number of rotatable bonds is 10. The highest BCUT2D eigenvalue weighted by Gasteiger charge is 2.20. The molecule has 0 spiro atoms. The second-order valence-corrected chi connectivity index (χ2v) is 7.94. The minimum atomic E-state index is -0.971. The lowest BCUT2D eigenvalue weighted by molar-refractivity contribution is -0.153. The number of hydrogen-bond acceptors (Lipinski definition) is 6. The number of aromatic nitrogens is 2. The summed E-state index contributed by atoms with van der Waals surface area (Å²) in [5.74, 6) is 1.02. The average Bonchev–Trinajstić information content (AvgIpc) is 3.21. The van der Waals surface area contributed by atoms with Crippen LogP contribution in [0.1, 0.15) is 50.6 Å². The molecular weight excluding hydrogens is 396 g/mol. The quantitative estimate of drug-likeness (QED) is 0.497. The predicted molar refractivity (Wildman–Crippen MR) is 116 cm³/mol. The Hall–Kier alpha value is -3.19. The number of hydrogen-bond donors (Lipinski definition) is 1. The van der Waals surface area contributed by atoms with E-state index < -0.39 is 12.1 Å². The molecule has 0 fully saturated rings. The van der Waals surface area contributed by atoms with Crippen LogP contribution in [0.3, 0.4) is 0 Å². The maximum Gasteiger partial charge on any atom is 0.333 e. The fraction of sp³-hybridized carbons (Fsp3) is 0.375. The predicted octanol–water partition coefficient (Wildman–Crippen LogP) is 4.86. The molecule has 1 atom stereocenters. The summed E-state index contributed by atoms with van der Waals surface area (Å²) >= 11 is 0. The summed E-state index contributed by atoms with van der Waals surface area (Å²) in [6.07, 6.45) is -0.742. The first kappa shape index (κ1) is 22.5. The molecule has 0 aliphatic carbocycles. The van der Waals surface area contributed by atoms with Crippen molar-refractivity contribution in [3.05, 3.63) is 65.5 Å². The van der Waals surface area contributed by atoms with E-state index in [0.29, 0.717) is 23.4 Å². The Morgan fingerprint density at radius 1 is 1.03 bits per heavy atom. The summed E-state index contributed by atoms with van der Waals surface area (Å²) in [4.78, 5) is 15.7. The molecule has 3 aromatic rings. The molecule has 0 aliphatic heterocycles. The number of ether oxygens (including phenoxy) is 2. The molecule has 3 rings (SSSR count). The SMILES string of the molecule is CC(C)OC(Cc1ccc(OCc2noc(-c3ccc(C(C)C)cc3)n2)cc1)C(=O)O. The number of nitrogens with zero attached hydrogens (tertiary/aromatic N) is 2. The van der Waals surface area contributed by atoms with E-state index in [1.54, 1.807) is 12.1 Å². The van der Waals surface area contributed by atoms with E-state index in [4.69, 9.17) is 14.0 Å². The summed E-state index contributed by atoms with van der Waals surface area (Å²) < 4.78 is 16.5. The maximum atomic E-state index is 11.3. The van der Waals surface area contributed by atoms with Gasteiger partial charge in [0, 0.05) is 12.0 Å². The Kier molecular flexibility index (Phi) is 7.41. The number of carboxylic acids is 1. The lowest BCUT2D eigenvalue weighted by atomic mass is 10.0. The second-order valence-electron chi connectivity index (χ2n) is 7.94. The molecule has 7 heteroatoms. The van der Waals surface area contributed by atoms with Gasteiger partial charge in [-0.15, -0.1) is 0 Å². The van der Waals surface area contributed by atoms with Crippen LogP contribution in [-0.2, 0) is 22.6 Å². The Balaban J connectivity index is 1.56. The molecule has 0 radical (unpaired) electrons. The maximum absolute atomic E-state index is 11.3. The van der Waals surface area contributed by atoms with Crippen molar-refractivity contribution in [1.29, 1.82) is 0 Å². The van der Waals surface area contributed by atoms with Crippen LogP contribution in [0, 0.1) is 0 Å². The van der Waals surface area contributed by atoms with Crippen LogP contribution in [0.5, 0.6) is 5.75 Å². The van der Waals surface area contributed by atoms with E-state index >= 15 is 0 Å². The van der Waals surface area contributed by atoms with Crippen LogP contribution in [0.25, 0.3) is 11.5 Å². The molecule has 1 aromatic heterocycles. The lowest BCUT2D eigenvalue weighted by Crippen LogP contribution is -2.29. The fourth-order valence-corrected chi connectivity index (χ4v) is 3.05. The average molecular weight is 424 g/mol. The normalized spacial score (nSPS) is 12.3. The van der Waals surface area contributed by atoms with E-state index in [1.165, 1.54) is 5.56 Å². The van der Waals surface area contributed by atoms with Gasteiger partial charge in [-0.25, -0.2) is 4.79 Å². The van der Waals surface area contributed by atoms with Gasteiger partial charge in [0.2, 0.25) is 5.82 Å². The van der Waals surface area contributed by atoms with E-state index in [0.717, 1.165) is 11.1 Å². The first-order valence-corrected chi connectivity index (χ1v) is 10.3. The lowest BCUT2D eigenvalue weighted by Gasteiger charge is -2.16. The van der Waals surface area contributed by atoms with Crippen molar-refractivity contribution < 1.29 is 23.9 Å². The van der Waals surface area contributed by atoms with E-state index in [1.807, 2.05) is 38.1 Å². The topological polar surface area (TPSA) is 94.7 Å². The molecule has 31 heavy (non-hydrogen) atoms. The molecule has 7 nitrogen and oxygen atoms in total. The van der Waals surface area contributed by atoms with Gasteiger partial charge in [0.25, 0.3) is 5.89 Å². The van der Waals surface area contributed by atoms with Gasteiger partial charge in [0.05, 0.1) is 6.10 Å². The molecule has 1 N–H and O–H groups in total. The minimum absolute atomic E-state index is 0.156. The van der Waals surface area contributed by atoms with Crippen LogP contribution in [0.2, 0.25) is 0 Å². The molecule has 2 aromatic carbocycles. The summed E-state index contributed by atoms with van der Waals surface area (Å²) in [6.45, 7) is 8.09. The van der Waals surface area contributed by atoms with Gasteiger partial charge < -0.3 is 19.1 Å². The Morgan fingerprint density at radius 2 is 1.71 bits per heavy atom. The third kappa shape index (κ3) is 6.39. The molecule has 1 unspecified atom stereocenters. The van der Waals surface area contributed by atoms with Crippen LogP contribution in [0.4, 0.5) is 0 Å². The molecule has 0 saturated heterocycles. The third-order valence-electron chi connectivity index (χ3n) is 4.72. The zero-order valence-electron chi connectivity index (χ0n) is 18.2. The minimum Gasteiger partial charge on any atom is -0.485 e. The van der Waals surface area contributed by atoms with Crippen molar-refractivity contribution >= 4 is 5.97 Å². The van der Waals surface area contributed by atoms with Gasteiger partial charge in [-0.05, 0) is 55.2 Å². The number of carboxylic acid groups (broad SMARTS) is 1. The van der Waals surface area contributed by atoms with E-state index in [-0.39, 0.29) is 19.1 Å². The molecular formula is C24H28N2O5. The third-order valence-corrected chi connectivity index (χ3v) is 4.72. The van der Waals surface area contributed by atoms with Crippen LogP contribution in [-0.4, -0.2) is 33.4 Å². The van der Waals surface area contributed by atoms with Crippen molar-refractivity contribution in [2.75, 3.05) is 0 Å². The fourth-order valence-electron chi connectivity index (χ4n) is 3.05. The van der Waals surface area contributed by atoms with E-state index in [2.05, 4.69) is 36.1 Å². The standard InChI is InChI=1S/C24H28N2O5/c1-15(2)18-7-9-19(10-8-18)23-25-22(26-31-23)14-29-20-11-5-17(6-12-20)13-21(24(27)28)30-16(3)4/h5-12,15-16,21H,13-14H2,1-4H3,(H,27,28). The zero-order chi connectivity index (χ0) is 22.4. The van der Waals surface area contributed by atoms with Crippen molar-refractivity contribution in [1.82, 2.24) is 10.1 Å². The van der Waals surface area contributed by atoms with Crippen molar-refractivity contribution in [3.63, 3.8) is 0 Å². The van der Waals surface area contributed by atoms with Gasteiger partial charge in [-0.2, -0.15) is 4.98 Å². The van der Waals surface area contributed by atoms with E-state index in [9.17, 15) is 9.90 Å². The smallest absolute Gasteiger partial charge is 0.333 e. The summed E-state index contributed by atoms with van der Waals surface area (Å²) in [5, 5.41) is 13.3. The monoisotopic (exact) mass is 424 g/mol. The molecule has 0 bridgehead atoms.